The van der Waals surface area contributed by atoms with Gasteiger partial charge in [-0.1, -0.05) is 73.6 Å². The van der Waals surface area contributed by atoms with E-state index in [0.29, 0.717) is 36.0 Å². The first-order valence-corrected chi connectivity index (χ1v) is 23.1. The maximum atomic E-state index is 13.8. The Morgan fingerprint density at radius 3 is 2.72 bits per heavy atom. The van der Waals surface area contributed by atoms with Crippen molar-refractivity contribution in [1.29, 1.82) is 0 Å². The standard InChI is InChI=1S/C42H59ClN4O4S2/c1-6-8-31-21-35(43)12-13-37(31)34-24-47-23-33-10-14-38(33)42(50-4,28-45-17-18-46-19-20-53(49)27-36(46)25-45)16-7-9-29(2)30(3)52(5)44-41(48)32-11-15-40(51-26-34)39(47)22-32/h7,11-13,15-16,21-22,29-30,33-34,36,38H,5-6,8-10,14,17-20,23-28H2,1-4H3,(H,44,48)/b16-7+. The summed E-state index contributed by atoms with van der Waals surface area (Å²) < 4.78 is 29.3. The summed E-state index contributed by atoms with van der Waals surface area (Å²) in [6, 6.07) is 12.6. The lowest BCUT2D eigenvalue weighted by Crippen LogP contribution is -2.62. The summed E-state index contributed by atoms with van der Waals surface area (Å²) >= 11 is 6.52. The van der Waals surface area contributed by atoms with E-state index in [2.05, 4.69) is 70.3 Å². The van der Waals surface area contributed by atoms with E-state index in [-0.39, 0.29) is 17.1 Å². The van der Waals surface area contributed by atoms with Gasteiger partial charge in [0.15, 0.2) is 0 Å². The van der Waals surface area contributed by atoms with Crippen LogP contribution >= 0.6 is 22.3 Å². The van der Waals surface area contributed by atoms with E-state index in [9.17, 15) is 9.00 Å². The number of carbonyl (C=O) groups is 1. The zero-order chi connectivity index (χ0) is 37.3. The molecule has 2 bridgehead atoms. The Morgan fingerprint density at radius 1 is 1.09 bits per heavy atom. The number of amides is 1. The van der Waals surface area contributed by atoms with Gasteiger partial charge in [-0.25, -0.2) is 0 Å². The van der Waals surface area contributed by atoms with E-state index < -0.39 is 27.1 Å². The van der Waals surface area contributed by atoms with Gasteiger partial charge in [0.25, 0.3) is 5.91 Å². The Hall–Kier alpha value is -2.21. The molecule has 4 aliphatic heterocycles. The van der Waals surface area contributed by atoms with Gasteiger partial charge in [0, 0.05) is 103 Å². The Balaban J connectivity index is 1.25. The smallest absolute Gasteiger partial charge is 0.260 e. The van der Waals surface area contributed by atoms with Crippen LogP contribution in [0.4, 0.5) is 5.69 Å². The summed E-state index contributed by atoms with van der Waals surface area (Å²) in [5.74, 6) is 7.92. The second kappa shape index (κ2) is 16.9. The molecule has 0 radical (unpaired) electrons. The van der Waals surface area contributed by atoms with E-state index in [1.54, 1.807) is 0 Å². The van der Waals surface area contributed by atoms with Crippen molar-refractivity contribution in [3.63, 3.8) is 0 Å². The van der Waals surface area contributed by atoms with Crippen molar-refractivity contribution in [2.45, 2.75) is 75.7 Å². The van der Waals surface area contributed by atoms with Gasteiger partial charge in [-0.2, -0.15) is 0 Å². The fourth-order valence-corrected chi connectivity index (χ4v) is 12.1. The Bertz CT molecular complexity index is 1720. The molecule has 1 saturated carbocycles. The monoisotopic (exact) mass is 782 g/mol. The van der Waals surface area contributed by atoms with E-state index >= 15 is 0 Å². The van der Waals surface area contributed by atoms with Gasteiger partial charge in [0.2, 0.25) is 0 Å². The van der Waals surface area contributed by atoms with Gasteiger partial charge < -0.3 is 19.1 Å². The van der Waals surface area contributed by atoms with Crippen LogP contribution in [0.1, 0.15) is 73.9 Å². The van der Waals surface area contributed by atoms with E-state index in [0.717, 1.165) is 106 Å². The van der Waals surface area contributed by atoms with Gasteiger partial charge >= 0.3 is 0 Å². The molecule has 1 aliphatic carbocycles. The molecule has 0 aromatic heterocycles. The molecule has 9 atom stereocenters. The third kappa shape index (κ3) is 8.48. The number of fused-ring (bicyclic) bond motifs is 3. The number of rotatable bonds is 6. The highest BCUT2D eigenvalue weighted by Crippen LogP contribution is 2.47. The van der Waals surface area contributed by atoms with Crippen LogP contribution in [-0.4, -0.2) is 114 Å². The summed E-state index contributed by atoms with van der Waals surface area (Å²) in [5, 5.41) is 0.964. The molecule has 11 heteroatoms. The predicted octanol–water partition coefficient (Wildman–Crippen LogP) is 6.77. The first-order valence-electron chi connectivity index (χ1n) is 19.8. The highest BCUT2D eigenvalue weighted by molar-refractivity contribution is 8.13. The minimum Gasteiger partial charge on any atom is -0.491 e. The zero-order valence-electron chi connectivity index (χ0n) is 32.1. The van der Waals surface area contributed by atoms with Crippen LogP contribution in [0, 0.1) is 17.8 Å². The minimum atomic E-state index is -0.733. The number of anilines is 1. The fraction of sp³-hybridized carbons (Fsp3) is 0.619. The molecule has 2 aromatic rings. The van der Waals surface area contributed by atoms with Gasteiger partial charge in [-0.15, -0.1) is 0 Å². The van der Waals surface area contributed by atoms with Crippen LogP contribution in [0.5, 0.6) is 5.75 Å². The molecule has 2 aromatic carbocycles. The number of methoxy groups -OCH3 is 1. The van der Waals surface area contributed by atoms with E-state index in [4.69, 9.17) is 21.1 Å². The Kier molecular flexibility index (Phi) is 12.4. The number of hydrogen-bond acceptors (Lipinski definition) is 7. The second-order valence-corrected chi connectivity index (χ2v) is 20.1. The number of aryl methyl sites for hydroxylation is 1. The second-order valence-electron chi connectivity index (χ2n) is 16.2. The van der Waals surface area contributed by atoms with E-state index in [1.165, 1.54) is 11.1 Å². The van der Waals surface area contributed by atoms with E-state index in [1.807, 2.05) is 31.4 Å². The highest BCUT2D eigenvalue weighted by atomic mass is 35.5. The summed E-state index contributed by atoms with van der Waals surface area (Å²) in [5.41, 5.74) is 3.75. The number of ether oxygens (including phenoxy) is 2. The number of halogens is 1. The number of allylic oxidation sites excluding steroid dienone is 1. The molecule has 1 amide bonds. The molecule has 4 heterocycles. The Labute approximate surface area is 327 Å². The normalized spacial score (nSPS) is 34.8. The van der Waals surface area contributed by atoms with Crippen molar-refractivity contribution < 1.29 is 18.5 Å². The molecule has 3 fully saturated rings. The fourth-order valence-electron chi connectivity index (χ4n) is 9.39. The molecular weight excluding hydrogens is 724 g/mol. The maximum Gasteiger partial charge on any atom is 0.260 e. The lowest BCUT2D eigenvalue weighted by Gasteiger charge is -2.53. The topological polar surface area (TPSA) is 74.4 Å². The summed E-state index contributed by atoms with van der Waals surface area (Å²) in [6.45, 7) is 13.6. The molecule has 1 N–H and O–H groups in total. The number of nitrogens with zero attached hydrogens (tertiary/aromatic N) is 3. The molecule has 8 nitrogen and oxygen atoms in total. The number of carbonyl (C=O) groups excluding carboxylic acids is 1. The van der Waals surface area contributed by atoms with Gasteiger partial charge in [-0.05, 0) is 84.9 Å². The van der Waals surface area contributed by atoms with Gasteiger partial charge in [0.1, 0.15) is 11.4 Å². The van der Waals surface area contributed by atoms with Crippen LogP contribution in [-0.2, 0) is 22.0 Å². The molecule has 2 saturated heterocycles. The van der Waals surface area contributed by atoms with Crippen molar-refractivity contribution in [2.75, 3.05) is 75.9 Å². The largest absolute Gasteiger partial charge is 0.491 e. The molecule has 7 rings (SSSR count). The first-order chi connectivity index (χ1) is 25.6. The molecule has 0 spiro atoms. The van der Waals surface area contributed by atoms with Crippen molar-refractivity contribution in [3.05, 3.63) is 70.3 Å². The number of hydrogen-bond donors (Lipinski definition) is 1. The first kappa shape index (κ1) is 39.0. The van der Waals surface area contributed by atoms with Crippen LogP contribution < -0.4 is 14.4 Å². The maximum absolute atomic E-state index is 13.8. The number of piperazine rings is 1. The van der Waals surface area contributed by atoms with Crippen LogP contribution in [0.15, 0.2) is 48.6 Å². The average Bonchev–Trinajstić information content (AvgIpc) is 3.31. The van der Waals surface area contributed by atoms with Crippen molar-refractivity contribution in [3.8, 4) is 5.75 Å². The Morgan fingerprint density at radius 2 is 1.94 bits per heavy atom. The third-order valence-electron chi connectivity index (χ3n) is 12.9. The summed E-state index contributed by atoms with van der Waals surface area (Å²) in [7, 11) is 0.613. The number of nitrogens with one attached hydrogen (secondary N) is 1. The van der Waals surface area contributed by atoms with Crippen molar-refractivity contribution >= 4 is 50.5 Å². The number of benzene rings is 2. The molecule has 290 valence electrons. The van der Waals surface area contributed by atoms with Gasteiger partial charge in [0.05, 0.1) is 12.3 Å². The highest BCUT2D eigenvalue weighted by Gasteiger charge is 2.49. The quantitative estimate of drug-likeness (QED) is 0.257. The van der Waals surface area contributed by atoms with Crippen LogP contribution in [0.25, 0.3) is 0 Å². The SMILES string of the molecule is C=S1NC(=O)c2ccc3c(c2)N(CC(c2ccc(Cl)cc2CCC)CO3)CC2CCC2C(CN2CCN3CCS(=O)CC3C2)(OC)/C=C/CC(C)C1C. The molecular formula is C42H59ClN4O4S2. The average molecular weight is 784 g/mol. The van der Waals surface area contributed by atoms with Crippen LogP contribution in [0.2, 0.25) is 5.02 Å². The zero-order valence-corrected chi connectivity index (χ0v) is 34.5. The molecule has 53 heavy (non-hydrogen) atoms. The molecule has 5 aliphatic rings. The predicted molar refractivity (Wildman–Crippen MR) is 223 cm³/mol. The van der Waals surface area contributed by atoms with Gasteiger partial charge in [-0.3, -0.25) is 18.8 Å². The van der Waals surface area contributed by atoms with Crippen molar-refractivity contribution in [1.82, 2.24) is 14.5 Å². The third-order valence-corrected chi connectivity index (χ3v) is 16.4. The lowest BCUT2D eigenvalue weighted by molar-refractivity contribution is -0.0980. The summed E-state index contributed by atoms with van der Waals surface area (Å²) in [4.78, 5) is 21.4. The van der Waals surface area contributed by atoms with Crippen LogP contribution in [0.3, 0.4) is 0 Å². The molecule has 9 unspecified atom stereocenters. The summed E-state index contributed by atoms with van der Waals surface area (Å²) in [6.07, 6.45) is 9.87. The minimum absolute atomic E-state index is 0.0849. The lowest BCUT2D eigenvalue weighted by atomic mass is 9.63. The van der Waals surface area contributed by atoms with Crippen molar-refractivity contribution in [2.24, 2.45) is 17.8 Å².